The predicted octanol–water partition coefficient (Wildman–Crippen LogP) is 5.70. The highest BCUT2D eigenvalue weighted by molar-refractivity contribution is 7.80. The van der Waals surface area contributed by atoms with Gasteiger partial charge in [0.15, 0.2) is 16.6 Å². The number of carbonyl (C=O) groups excluding carboxylic acids is 1. The van der Waals surface area contributed by atoms with Crippen molar-refractivity contribution in [2.75, 3.05) is 31.8 Å². The van der Waals surface area contributed by atoms with Gasteiger partial charge in [0.2, 0.25) is 0 Å². The summed E-state index contributed by atoms with van der Waals surface area (Å²) in [6.07, 6.45) is 4.23. The van der Waals surface area contributed by atoms with E-state index in [9.17, 15) is 4.79 Å². The molecule has 0 spiro atoms. The molecule has 1 fully saturated rings. The maximum absolute atomic E-state index is 13.3. The highest BCUT2D eigenvalue weighted by Gasteiger charge is 2.38. The number of benzene rings is 2. The van der Waals surface area contributed by atoms with Gasteiger partial charge in [-0.25, -0.2) is 0 Å². The lowest BCUT2D eigenvalue weighted by Gasteiger charge is -2.20. The van der Waals surface area contributed by atoms with E-state index in [1.54, 1.807) is 36.3 Å². The Hall–Kier alpha value is -3.03. The molecule has 1 aliphatic rings. The minimum atomic E-state index is -0.227. The lowest BCUT2D eigenvalue weighted by atomic mass is 10.1. The fraction of sp³-hybridized carbons (Fsp3) is 0.280. The van der Waals surface area contributed by atoms with Crippen LogP contribution in [0, 0.1) is 0 Å². The number of thiocarbonyl (C=S) groups is 1. The minimum Gasteiger partial charge on any atom is -0.494 e. The Balaban J connectivity index is 2.06. The fourth-order valence-electron chi connectivity index (χ4n) is 3.39. The molecular weight excluding hydrogens is 460 g/mol. The number of methoxy groups -OCH3 is 1. The van der Waals surface area contributed by atoms with Crippen LogP contribution in [0.1, 0.15) is 25.8 Å². The Labute approximate surface area is 205 Å². The third kappa shape index (κ3) is 5.31. The van der Waals surface area contributed by atoms with Crippen molar-refractivity contribution in [1.29, 1.82) is 0 Å². The number of rotatable bonds is 10. The van der Waals surface area contributed by atoms with Crippen molar-refractivity contribution in [2.24, 2.45) is 0 Å². The number of amides is 1. The van der Waals surface area contributed by atoms with Crippen LogP contribution in [-0.4, -0.2) is 42.8 Å². The van der Waals surface area contributed by atoms with Gasteiger partial charge in [0, 0.05) is 12.2 Å². The van der Waals surface area contributed by atoms with Crippen molar-refractivity contribution in [2.45, 2.75) is 20.3 Å². The summed E-state index contributed by atoms with van der Waals surface area (Å²) >= 11 is 12.1. The molecule has 0 aliphatic carbocycles. The van der Waals surface area contributed by atoms with Crippen LogP contribution in [-0.2, 0) is 4.79 Å². The number of nitrogens with zero attached hydrogens (tertiary/aromatic N) is 2. The van der Waals surface area contributed by atoms with Crippen molar-refractivity contribution in [1.82, 2.24) is 4.90 Å². The van der Waals surface area contributed by atoms with Crippen LogP contribution < -0.4 is 19.1 Å². The first-order valence-corrected chi connectivity index (χ1v) is 11.4. The molecule has 0 aromatic heterocycles. The van der Waals surface area contributed by atoms with Gasteiger partial charge < -0.3 is 14.2 Å². The van der Waals surface area contributed by atoms with Gasteiger partial charge in [0.25, 0.3) is 5.91 Å². The molecule has 0 saturated carbocycles. The van der Waals surface area contributed by atoms with E-state index in [1.165, 1.54) is 4.90 Å². The van der Waals surface area contributed by atoms with Crippen molar-refractivity contribution < 1.29 is 19.0 Å². The summed E-state index contributed by atoms with van der Waals surface area (Å²) in [5.74, 6) is 1.49. The van der Waals surface area contributed by atoms with Crippen molar-refractivity contribution >= 4 is 46.6 Å². The summed E-state index contributed by atoms with van der Waals surface area (Å²) in [4.78, 5) is 16.5. The first kappa shape index (κ1) is 24.6. The highest BCUT2D eigenvalue weighted by atomic mass is 35.5. The van der Waals surface area contributed by atoms with Gasteiger partial charge in [0.05, 0.1) is 25.3 Å². The van der Waals surface area contributed by atoms with Crippen molar-refractivity contribution in [3.05, 3.63) is 65.3 Å². The number of ether oxygens (including phenoxy) is 3. The molecule has 2 aromatic carbocycles. The lowest BCUT2D eigenvalue weighted by Crippen LogP contribution is -2.32. The molecule has 6 nitrogen and oxygen atoms in total. The molecular formula is C25H27ClN2O4S. The monoisotopic (exact) mass is 486 g/mol. The summed E-state index contributed by atoms with van der Waals surface area (Å²) in [5, 5.41) is 0.773. The Bertz CT molecular complexity index is 1070. The van der Waals surface area contributed by atoms with Crippen LogP contribution in [0.2, 0.25) is 5.02 Å². The lowest BCUT2D eigenvalue weighted by molar-refractivity contribution is -0.121. The van der Waals surface area contributed by atoms with Gasteiger partial charge in [-0.15, -0.1) is 6.58 Å². The molecule has 2 aromatic rings. The summed E-state index contributed by atoms with van der Waals surface area (Å²) < 4.78 is 16.8. The topological polar surface area (TPSA) is 51.2 Å². The SMILES string of the molecule is C=CCN1C(=O)C(=Cc2cc(Cl)c(OCCC)c(OC)c2)N(c2ccc(OCC)cc2)C1=S. The zero-order valence-electron chi connectivity index (χ0n) is 19.0. The van der Waals surface area contributed by atoms with Gasteiger partial charge in [-0.05, 0) is 73.6 Å². The number of halogens is 1. The van der Waals surface area contributed by atoms with E-state index in [2.05, 4.69) is 6.58 Å². The Morgan fingerprint density at radius 1 is 1.15 bits per heavy atom. The molecule has 1 aliphatic heterocycles. The molecule has 33 heavy (non-hydrogen) atoms. The number of hydrogen-bond donors (Lipinski definition) is 0. The maximum atomic E-state index is 13.3. The number of carbonyl (C=O) groups is 1. The van der Waals surface area contributed by atoms with Gasteiger partial charge >= 0.3 is 0 Å². The third-order valence-electron chi connectivity index (χ3n) is 4.85. The fourth-order valence-corrected chi connectivity index (χ4v) is 4.03. The van der Waals surface area contributed by atoms with E-state index in [4.69, 9.17) is 38.0 Å². The number of anilines is 1. The molecule has 0 radical (unpaired) electrons. The minimum absolute atomic E-state index is 0.227. The van der Waals surface area contributed by atoms with Crippen LogP contribution in [0.15, 0.2) is 54.8 Å². The van der Waals surface area contributed by atoms with E-state index < -0.39 is 0 Å². The number of hydrogen-bond acceptors (Lipinski definition) is 5. The Morgan fingerprint density at radius 3 is 2.48 bits per heavy atom. The van der Waals surface area contributed by atoms with Crippen LogP contribution in [0.5, 0.6) is 17.2 Å². The van der Waals surface area contributed by atoms with Gasteiger partial charge in [-0.2, -0.15) is 0 Å². The highest BCUT2D eigenvalue weighted by Crippen LogP contribution is 2.38. The Kier molecular flexibility index (Phi) is 8.36. The van der Waals surface area contributed by atoms with Crippen LogP contribution in [0.3, 0.4) is 0 Å². The van der Waals surface area contributed by atoms with E-state index in [0.29, 0.717) is 52.7 Å². The standard InChI is InChI=1S/C25H27ClN2O4S/c1-5-12-27-24(29)21(28(25(27)33)18-8-10-19(11-9-18)31-7-3)15-17-14-20(26)23(32-13-6-2)22(16-17)30-4/h5,8-11,14-16H,1,6-7,12-13H2,2-4H3. The maximum Gasteiger partial charge on any atom is 0.277 e. The molecule has 0 bridgehead atoms. The molecule has 1 saturated heterocycles. The van der Waals surface area contributed by atoms with Crippen LogP contribution in [0.4, 0.5) is 5.69 Å². The van der Waals surface area contributed by atoms with Gasteiger partial charge in [-0.3, -0.25) is 14.6 Å². The molecule has 1 amide bonds. The summed E-state index contributed by atoms with van der Waals surface area (Å²) in [7, 11) is 1.55. The Morgan fingerprint density at radius 2 is 1.88 bits per heavy atom. The quantitative estimate of drug-likeness (QED) is 0.244. The molecule has 1 heterocycles. The molecule has 8 heteroatoms. The molecule has 0 atom stereocenters. The smallest absolute Gasteiger partial charge is 0.277 e. The summed E-state index contributed by atoms with van der Waals surface area (Å²) in [5.41, 5.74) is 1.82. The molecule has 0 unspecified atom stereocenters. The molecule has 3 rings (SSSR count). The van der Waals surface area contributed by atoms with E-state index in [-0.39, 0.29) is 5.91 Å². The summed E-state index contributed by atoms with van der Waals surface area (Å²) in [6, 6.07) is 11.0. The van der Waals surface area contributed by atoms with Crippen LogP contribution in [0.25, 0.3) is 6.08 Å². The second-order valence-corrected chi connectivity index (χ2v) is 7.93. The van der Waals surface area contributed by atoms with Gasteiger partial charge in [0.1, 0.15) is 11.4 Å². The third-order valence-corrected chi connectivity index (χ3v) is 5.53. The summed E-state index contributed by atoms with van der Waals surface area (Å²) in [6.45, 7) is 9.07. The normalized spacial score (nSPS) is 14.7. The average Bonchev–Trinajstić information content (AvgIpc) is 3.03. The van der Waals surface area contributed by atoms with E-state index in [1.807, 2.05) is 38.1 Å². The van der Waals surface area contributed by atoms with E-state index in [0.717, 1.165) is 17.9 Å². The first-order valence-electron chi connectivity index (χ1n) is 10.7. The average molecular weight is 487 g/mol. The van der Waals surface area contributed by atoms with E-state index >= 15 is 0 Å². The first-order chi connectivity index (χ1) is 15.9. The van der Waals surface area contributed by atoms with Crippen molar-refractivity contribution in [3.8, 4) is 17.2 Å². The second kappa shape index (κ2) is 11.2. The zero-order valence-corrected chi connectivity index (χ0v) is 20.5. The molecule has 174 valence electrons. The van der Waals surface area contributed by atoms with Crippen LogP contribution >= 0.6 is 23.8 Å². The predicted molar refractivity (Wildman–Crippen MR) is 136 cm³/mol. The zero-order chi connectivity index (χ0) is 24.0. The van der Waals surface area contributed by atoms with Crippen molar-refractivity contribution in [3.63, 3.8) is 0 Å². The molecule has 0 N–H and O–H groups in total. The largest absolute Gasteiger partial charge is 0.494 e. The second-order valence-electron chi connectivity index (χ2n) is 7.16. The van der Waals surface area contributed by atoms with Gasteiger partial charge in [-0.1, -0.05) is 24.6 Å².